The third-order valence-electron chi connectivity index (χ3n) is 3.37. The summed E-state index contributed by atoms with van der Waals surface area (Å²) in [5.74, 6) is -0.0466. The van der Waals surface area contributed by atoms with E-state index in [1.807, 2.05) is 57.2 Å². The van der Waals surface area contributed by atoms with E-state index in [4.69, 9.17) is 0 Å². The van der Waals surface area contributed by atoms with Crippen molar-refractivity contribution in [2.75, 3.05) is 17.2 Å². The van der Waals surface area contributed by atoms with Gasteiger partial charge in [-0.25, -0.2) is 0 Å². The molecule has 0 saturated carbocycles. The quantitative estimate of drug-likeness (QED) is 0.859. The number of carbonyl (C=O) groups excluding carboxylic acids is 1. The van der Waals surface area contributed by atoms with Crippen molar-refractivity contribution in [2.24, 2.45) is 0 Å². The van der Waals surface area contributed by atoms with E-state index in [-0.39, 0.29) is 12.5 Å². The molecule has 0 aliphatic heterocycles. The molecule has 2 aromatic carbocycles. The monoisotopic (exact) mass is 346 g/mol. The van der Waals surface area contributed by atoms with E-state index in [1.54, 1.807) is 0 Å². The van der Waals surface area contributed by atoms with E-state index >= 15 is 0 Å². The number of halogens is 1. The first-order valence-electron chi connectivity index (χ1n) is 6.83. The van der Waals surface area contributed by atoms with Gasteiger partial charge in [-0.3, -0.25) is 4.79 Å². The summed E-state index contributed by atoms with van der Waals surface area (Å²) in [6.07, 6.45) is 0. The van der Waals surface area contributed by atoms with Crippen LogP contribution in [0.3, 0.4) is 0 Å². The van der Waals surface area contributed by atoms with Crippen molar-refractivity contribution in [3.63, 3.8) is 0 Å². The summed E-state index contributed by atoms with van der Waals surface area (Å²) >= 11 is 3.43. The van der Waals surface area contributed by atoms with Crippen molar-refractivity contribution in [2.45, 2.75) is 20.8 Å². The molecule has 0 heterocycles. The van der Waals surface area contributed by atoms with Crippen molar-refractivity contribution in [1.82, 2.24) is 0 Å². The number of amides is 1. The maximum atomic E-state index is 12.1. The van der Waals surface area contributed by atoms with E-state index < -0.39 is 0 Å². The Balaban J connectivity index is 1.99. The van der Waals surface area contributed by atoms with E-state index in [1.165, 1.54) is 0 Å². The van der Waals surface area contributed by atoms with Crippen LogP contribution in [0, 0.1) is 20.8 Å². The normalized spacial score (nSPS) is 10.3. The molecule has 0 bridgehead atoms. The van der Waals surface area contributed by atoms with Gasteiger partial charge in [-0.2, -0.15) is 0 Å². The molecule has 0 spiro atoms. The smallest absolute Gasteiger partial charge is 0.243 e. The van der Waals surface area contributed by atoms with Gasteiger partial charge in [0.15, 0.2) is 0 Å². The molecule has 0 saturated heterocycles. The highest BCUT2D eigenvalue weighted by atomic mass is 79.9. The Hall–Kier alpha value is -1.81. The van der Waals surface area contributed by atoms with Crippen LogP contribution < -0.4 is 10.6 Å². The molecule has 1 amide bonds. The first-order chi connectivity index (χ1) is 9.97. The number of aryl methyl sites for hydroxylation is 3. The lowest BCUT2D eigenvalue weighted by molar-refractivity contribution is -0.114. The van der Waals surface area contributed by atoms with Gasteiger partial charge in [0.2, 0.25) is 5.91 Å². The summed E-state index contributed by atoms with van der Waals surface area (Å²) in [6.45, 7) is 6.25. The van der Waals surface area contributed by atoms with Crippen LogP contribution in [0.5, 0.6) is 0 Å². The number of carbonyl (C=O) groups is 1. The molecule has 2 aromatic rings. The lowest BCUT2D eigenvalue weighted by atomic mass is 10.1. The van der Waals surface area contributed by atoms with Crippen molar-refractivity contribution < 1.29 is 4.79 Å². The van der Waals surface area contributed by atoms with Gasteiger partial charge in [0, 0.05) is 15.8 Å². The minimum Gasteiger partial charge on any atom is -0.376 e. The van der Waals surface area contributed by atoms with Crippen LogP contribution in [0.15, 0.2) is 40.9 Å². The van der Waals surface area contributed by atoms with Gasteiger partial charge in [-0.05, 0) is 55.7 Å². The minimum atomic E-state index is -0.0466. The van der Waals surface area contributed by atoms with Crippen LogP contribution in [0.25, 0.3) is 0 Å². The maximum absolute atomic E-state index is 12.1. The van der Waals surface area contributed by atoms with Gasteiger partial charge in [0.05, 0.1) is 6.54 Å². The van der Waals surface area contributed by atoms with E-state index in [9.17, 15) is 4.79 Å². The SMILES string of the molecule is Cc1cc(Br)ccc1NCC(=O)Nc1c(C)cccc1C. The third kappa shape index (κ3) is 4.08. The number of benzene rings is 2. The Morgan fingerprint density at radius 3 is 2.33 bits per heavy atom. The molecule has 4 heteroatoms. The highest BCUT2D eigenvalue weighted by Crippen LogP contribution is 2.21. The van der Waals surface area contributed by atoms with Crippen molar-refractivity contribution in [3.8, 4) is 0 Å². The van der Waals surface area contributed by atoms with E-state index in [0.29, 0.717) is 0 Å². The summed E-state index contributed by atoms with van der Waals surface area (Å²) < 4.78 is 1.03. The second-order valence-electron chi connectivity index (χ2n) is 5.13. The van der Waals surface area contributed by atoms with Crippen LogP contribution in [0.2, 0.25) is 0 Å². The number of para-hydroxylation sites is 1. The van der Waals surface area contributed by atoms with Gasteiger partial charge in [-0.15, -0.1) is 0 Å². The average molecular weight is 347 g/mol. The average Bonchev–Trinajstić information content (AvgIpc) is 2.42. The second kappa shape index (κ2) is 6.76. The summed E-state index contributed by atoms with van der Waals surface area (Å²) in [5.41, 5.74) is 5.11. The van der Waals surface area contributed by atoms with Crippen molar-refractivity contribution >= 4 is 33.2 Å². The zero-order valence-corrected chi connectivity index (χ0v) is 14.0. The molecule has 2 N–H and O–H groups in total. The molecule has 21 heavy (non-hydrogen) atoms. The van der Waals surface area contributed by atoms with Gasteiger partial charge >= 0.3 is 0 Å². The molecule has 0 atom stereocenters. The van der Waals surface area contributed by atoms with Gasteiger partial charge in [0.25, 0.3) is 0 Å². The topological polar surface area (TPSA) is 41.1 Å². The Morgan fingerprint density at radius 1 is 1.05 bits per heavy atom. The summed E-state index contributed by atoms with van der Waals surface area (Å²) in [6, 6.07) is 11.9. The molecule has 0 fully saturated rings. The van der Waals surface area contributed by atoms with Crippen molar-refractivity contribution in [1.29, 1.82) is 0 Å². The predicted molar refractivity (Wildman–Crippen MR) is 91.9 cm³/mol. The number of hydrogen-bond donors (Lipinski definition) is 2. The second-order valence-corrected chi connectivity index (χ2v) is 6.04. The van der Waals surface area contributed by atoms with Gasteiger partial charge in [0.1, 0.15) is 0 Å². The van der Waals surface area contributed by atoms with Gasteiger partial charge in [-0.1, -0.05) is 34.1 Å². The molecule has 0 aromatic heterocycles. The molecular formula is C17H19BrN2O. The number of hydrogen-bond acceptors (Lipinski definition) is 2. The zero-order chi connectivity index (χ0) is 15.4. The van der Waals surface area contributed by atoms with Crippen molar-refractivity contribution in [3.05, 3.63) is 57.6 Å². The molecule has 0 radical (unpaired) electrons. The largest absolute Gasteiger partial charge is 0.376 e. The Labute approximate surface area is 133 Å². The summed E-state index contributed by atoms with van der Waals surface area (Å²) in [4.78, 5) is 12.1. The lowest BCUT2D eigenvalue weighted by Gasteiger charge is -2.13. The Kier molecular flexibility index (Phi) is 5.02. The highest BCUT2D eigenvalue weighted by molar-refractivity contribution is 9.10. The van der Waals surface area contributed by atoms with Crippen LogP contribution in [0.4, 0.5) is 11.4 Å². The molecule has 2 rings (SSSR count). The van der Waals surface area contributed by atoms with E-state index in [0.717, 1.165) is 32.5 Å². The standard InChI is InChI=1S/C17H19BrN2O/c1-11-5-4-6-12(2)17(11)20-16(21)10-19-15-8-7-14(18)9-13(15)3/h4-9,19H,10H2,1-3H3,(H,20,21). The fourth-order valence-electron chi connectivity index (χ4n) is 2.20. The molecule has 0 aliphatic carbocycles. The number of nitrogens with one attached hydrogen (secondary N) is 2. The maximum Gasteiger partial charge on any atom is 0.243 e. The van der Waals surface area contributed by atoms with Crippen LogP contribution >= 0.6 is 15.9 Å². The number of anilines is 2. The first kappa shape index (κ1) is 15.6. The van der Waals surface area contributed by atoms with Crippen LogP contribution in [-0.4, -0.2) is 12.5 Å². The minimum absolute atomic E-state index is 0.0466. The molecule has 0 unspecified atom stereocenters. The third-order valence-corrected chi connectivity index (χ3v) is 3.87. The van der Waals surface area contributed by atoms with Crippen LogP contribution in [-0.2, 0) is 4.79 Å². The lowest BCUT2D eigenvalue weighted by Crippen LogP contribution is -2.23. The van der Waals surface area contributed by atoms with Gasteiger partial charge < -0.3 is 10.6 Å². The fraction of sp³-hybridized carbons (Fsp3) is 0.235. The molecule has 0 aliphatic rings. The Bertz CT molecular complexity index is 648. The number of rotatable bonds is 4. The molecule has 110 valence electrons. The molecular weight excluding hydrogens is 328 g/mol. The highest BCUT2D eigenvalue weighted by Gasteiger charge is 2.07. The summed E-state index contributed by atoms with van der Waals surface area (Å²) in [5, 5.41) is 6.14. The van der Waals surface area contributed by atoms with Crippen LogP contribution in [0.1, 0.15) is 16.7 Å². The first-order valence-corrected chi connectivity index (χ1v) is 7.63. The predicted octanol–water partition coefficient (Wildman–Crippen LogP) is 4.42. The van der Waals surface area contributed by atoms with E-state index in [2.05, 4.69) is 26.6 Å². The zero-order valence-electron chi connectivity index (χ0n) is 12.5. The Morgan fingerprint density at radius 2 is 1.71 bits per heavy atom. The fourth-order valence-corrected chi connectivity index (χ4v) is 2.67. The summed E-state index contributed by atoms with van der Waals surface area (Å²) in [7, 11) is 0. The molecule has 3 nitrogen and oxygen atoms in total.